The molecule has 0 aliphatic carbocycles. The zero-order chi connectivity index (χ0) is 8.97. The Morgan fingerprint density at radius 1 is 1.25 bits per heavy atom. The molecule has 0 saturated carbocycles. The first kappa shape index (κ1) is 8.58. The third-order valence-corrected chi connectivity index (χ3v) is 1.52. The summed E-state index contributed by atoms with van der Waals surface area (Å²) in [4.78, 5) is 0. The van der Waals surface area contributed by atoms with Gasteiger partial charge in [0.2, 0.25) is 0 Å². The molecule has 0 fully saturated rings. The van der Waals surface area contributed by atoms with Crippen molar-refractivity contribution < 1.29 is 10.4 Å². The Morgan fingerprint density at radius 2 is 2.00 bits per heavy atom. The number of benzene rings is 1. The van der Waals surface area contributed by atoms with Crippen LogP contribution in [0.5, 0.6) is 0 Å². The SMILES string of the molecule is C=Cc1ccc(NO)cc1NO. The summed E-state index contributed by atoms with van der Waals surface area (Å²) in [5.41, 5.74) is 5.71. The lowest BCUT2D eigenvalue weighted by atomic mass is 10.1. The van der Waals surface area contributed by atoms with Crippen molar-refractivity contribution in [3.05, 3.63) is 30.3 Å². The second-order valence-electron chi connectivity index (χ2n) is 2.23. The van der Waals surface area contributed by atoms with Gasteiger partial charge in [-0.25, -0.2) is 0 Å². The molecule has 64 valence electrons. The lowest BCUT2D eigenvalue weighted by Crippen LogP contribution is -1.95. The topological polar surface area (TPSA) is 64.5 Å². The summed E-state index contributed by atoms with van der Waals surface area (Å²) in [7, 11) is 0. The van der Waals surface area contributed by atoms with E-state index in [0.29, 0.717) is 11.4 Å². The smallest absolute Gasteiger partial charge is 0.0695 e. The van der Waals surface area contributed by atoms with Crippen LogP contribution in [-0.4, -0.2) is 10.4 Å². The van der Waals surface area contributed by atoms with Gasteiger partial charge in [-0.2, -0.15) is 0 Å². The fourth-order valence-corrected chi connectivity index (χ4v) is 0.901. The van der Waals surface area contributed by atoms with Gasteiger partial charge >= 0.3 is 0 Å². The highest BCUT2D eigenvalue weighted by Gasteiger charge is 1.98. The van der Waals surface area contributed by atoms with Gasteiger partial charge in [-0.1, -0.05) is 18.7 Å². The molecule has 4 heteroatoms. The van der Waals surface area contributed by atoms with Crippen molar-refractivity contribution in [2.45, 2.75) is 0 Å². The molecular formula is C8H10N2O2. The maximum atomic E-state index is 8.66. The Morgan fingerprint density at radius 3 is 2.50 bits per heavy atom. The summed E-state index contributed by atoms with van der Waals surface area (Å²) >= 11 is 0. The van der Waals surface area contributed by atoms with Crippen LogP contribution in [0.2, 0.25) is 0 Å². The Balaban J connectivity index is 3.10. The van der Waals surface area contributed by atoms with Gasteiger partial charge < -0.3 is 0 Å². The molecule has 0 heterocycles. The summed E-state index contributed by atoms with van der Waals surface area (Å²) < 4.78 is 0. The Kier molecular flexibility index (Phi) is 2.68. The van der Waals surface area contributed by atoms with Gasteiger partial charge in [0.25, 0.3) is 0 Å². The zero-order valence-corrected chi connectivity index (χ0v) is 6.41. The average Bonchev–Trinajstić information content (AvgIpc) is 2.16. The number of nitrogens with one attached hydrogen (secondary N) is 2. The first-order valence-electron chi connectivity index (χ1n) is 3.38. The van der Waals surface area contributed by atoms with Crippen LogP contribution in [0.15, 0.2) is 24.8 Å². The highest BCUT2D eigenvalue weighted by atomic mass is 16.5. The van der Waals surface area contributed by atoms with E-state index in [-0.39, 0.29) is 0 Å². The van der Waals surface area contributed by atoms with E-state index in [1.807, 2.05) is 11.0 Å². The summed E-state index contributed by atoms with van der Waals surface area (Å²) in [6.07, 6.45) is 1.60. The standard InChI is InChI=1S/C8H10N2O2/c1-2-6-3-4-7(9-11)5-8(6)10-12/h2-5,9-12H,1H2. The fraction of sp³-hybridized carbons (Fsp3) is 0. The molecule has 0 saturated heterocycles. The number of rotatable bonds is 3. The number of hydrogen-bond donors (Lipinski definition) is 4. The largest absolute Gasteiger partial charge is 0.291 e. The van der Waals surface area contributed by atoms with Crippen molar-refractivity contribution in [1.29, 1.82) is 0 Å². The minimum atomic E-state index is 0.490. The van der Waals surface area contributed by atoms with E-state index in [4.69, 9.17) is 10.4 Å². The lowest BCUT2D eigenvalue weighted by Gasteiger charge is -2.05. The fourth-order valence-electron chi connectivity index (χ4n) is 0.901. The molecule has 0 aromatic heterocycles. The highest BCUT2D eigenvalue weighted by Crippen LogP contribution is 2.20. The maximum Gasteiger partial charge on any atom is 0.0695 e. The van der Waals surface area contributed by atoms with E-state index in [1.165, 1.54) is 0 Å². The van der Waals surface area contributed by atoms with Crippen molar-refractivity contribution >= 4 is 17.5 Å². The van der Waals surface area contributed by atoms with E-state index >= 15 is 0 Å². The maximum absolute atomic E-state index is 8.66. The lowest BCUT2D eigenvalue weighted by molar-refractivity contribution is 0.385. The second kappa shape index (κ2) is 3.75. The van der Waals surface area contributed by atoms with Crippen molar-refractivity contribution in [2.75, 3.05) is 11.0 Å². The predicted molar refractivity (Wildman–Crippen MR) is 47.4 cm³/mol. The average molecular weight is 166 g/mol. The van der Waals surface area contributed by atoms with Gasteiger partial charge in [0.05, 0.1) is 11.4 Å². The highest BCUT2D eigenvalue weighted by molar-refractivity contribution is 5.69. The van der Waals surface area contributed by atoms with Gasteiger partial charge in [0.1, 0.15) is 0 Å². The van der Waals surface area contributed by atoms with Gasteiger partial charge in [-0.15, -0.1) is 0 Å². The zero-order valence-electron chi connectivity index (χ0n) is 6.41. The van der Waals surface area contributed by atoms with Crippen LogP contribution in [0.3, 0.4) is 0 Å². The molecule has 1 aromatic carbocycles. The third kappa shape index (κ3) is 1.55. The van der Waals surface area contributed by atoms with Crippen LogP contribution in [0, 0.1) is 0 Å². The van der Waals surface area contributed by atoms with Crippen LogP contribution < -0.4 is 11.0 Å². The van der Waals surface area contributed by atoms with Crippen LogP contribution in [-0.2, 0) is 0 Å². The van der Waals surface area contributed by atoms with Crippen molar-refractivity contribution in [1.82, 2.24) is 0 Å². The summed E-state index contributed by atoms with van der Waals surface area (Å²) in [5.74, 6) is 0. The quantitative estimate of drug-likeness (QED) is 0.518. The molecule has 0 aliphatic heterocycles. The number of anilines is 2. The van der Waals surface area contributed by atoms with Crippen LogP contribution in [0.1, 0.15) is 5.56 Å². The molecule has 0 amide bonds. The Hall–Kier alpha value is -1.52. The molecule has 1 aromatic rings. The molecule has 0 radical (unpaired) electrons. The first-order valence-corrected chi connectivity index (χ1v) is 3.38. The molecule has 12 heavy (non-hydrogen) atoms. The second-order valence-corrected chi connectivity index (χ2v) is 2.23. The normalized spacial score (nSPS) is 9.17. The van der Waals surface area contributed by atoms with E-state index in [9.17, 15) is 0 Å². The van der Waals surface area contributed by atoms with Crippen LogP contribution >= 0.6 is 0 Å². The van der Waals surface area contributed by atoms with E-state index in [0.717, 1.165) is 5.56 Å². The van der Waals surface area contributed by atoms with E-state index in [1.54, 1.807) is 24.3 Å². The van der Waals surface area contributed by atoms with Crippen molar-refractivity contribution in [3.8, 4) is 0 Å². The van der Waals surface area contributed by atoms with Gasteiger partial charge in [0.15, 0.2) is 0 Å². The van der Waals surface area contributed by atoms with Gasteiger partial charge in [-0.05, 0) is 17.7 Å². The summed E-state index contributed by atoms with van der Waals surface area (Å²) in [6, 6.07) is 4.93. The molecule has 4 nitrogen and oxygen atoms in total. The van der Waals surface area contributed by atoms with E-state index in [2.05, 4.69) is 6.58 Å². The number of hydrogen-bond acceptors (Lipinski definition) is 4. The minimum absolute atomic E-state index is 0.490. The van der Waals surface area contributed by atoms with E-state index < -0.39 is 0 Å². The molecular weight excluding hydrogens is 156 g/mol. The molecule has 0 unspecified atom stereocenters. The molecule has 0 atom stereocenters. The molecule has 0 spiro atoms. The van der Waals surface area contributed by atoms with Gasteiger partial charge in [-0.3, -0.25) is 21.4 Å². The molecule has 0 aliphatic rings. The summed E-state index contributed by atoms with van der Waals surface area (Å²) in [5, 5.41) is 17.2. The Labute approximate surface area is 70.1 Å². The molecule has 4 N–H and O–H groups in total. The van der Waals surface area contributed by atoms with Crippen molar-refractivity contribution in [2.24, 2.45) is 0 Å². The van der Waals surface area contributed by atoms with Crippen molar-refractivity contribution in [3.63, 3.8) is 0 Å². The first-order chi connectivity index (χ1) is 5.81. The third-order valence-electron chi connectivity index (χ3n) is 1.52. The predicted octanol–water partition coefficient (Wildman–Crippen LogP) is 1.93. The van der Waals surface area contributed by atoms with Crippen LogP contribution in [0.4, 0.5) is 11.4 Å². The summed E-state index contributed by atoms with van der Waals surface area (Å²) in [6.45, 7) is 3.56. The molecule has 0 bridgehead atoms. The van der Waals surface area contributed by atoms with Gasteiger partial charge in [0, 0.05) is 0 Å². The molecule has 1 rings (SSSR count). The Bertz CT molecular complexity index is 286. The monoisotopic (exact) mass is 166 g/mol. The minimum Gasteiger partial charge on any atom is -0.291 e. The van der Waals surface area contributed by atoms with Crippen LogP contribution in [0.25, 0.3) is 6.08 Å².